The molecule has 168 valence electrons. The Morgan fingerprint density at radius 2 is 2.03 bits per heavy atom. The Morgan fingerprint density at radius 3 is 2.81 bits per heavy atom. The topological polar surface area (TPSA) is 107 Å². The maximum atomic E-state index is 12.1. The van der Waals surface area contributed by atoms with Gasteiger partial charge in [0.25, 0.3) is 0 Å². The van der Waals surface area contributed by atoms with E-state index in [2.05, 4.69) is 27.5 Å². The molecule has 0 aromatic carbocycles. The summed E-state index contributed by atoms with van der Waals surface area (Å²) in [5.41, 5.74) is 0.954. The molecule has 1 aliphatic carbocycles. The van der Waals surface area contributed by atoms with Crippen LogP contribution in [0.3, 0.4) is 0 Å². The van der Waals surface area contributed by atoms with E-state index in [4.69, 9.17) is 10.1 Å². The maximum Gasteiger partial charge on any atom is 0.248 e. The number of aryl methyl sites for hydroxylation is 1. The highest BCUT2D eigenvalue weighted by atomic mass is 16.3. The van der Waals surface area contributed by atoms with Gasteiger partial charge < -0.3 is 20.6 Å². The van der Waals surface area contributed by atoms with E-state index >= 15 is 0 Å². The summed E-state index contributed by atoms with van der Waals surface area (Å²) >= 11 is 0. The molecule has 1 aromatic heterocycles. The van der Waals surface area contributed by atoms with E-state index in [0.717, 1.165) is 49.9 Å². The van der Waals surface area contributed by atoms with Gasteiger partial charge in [-0.05, 0) is 51.4 Å². The van der Waals surface area contributed by atoms with Gasteiger partial charge in [-0.1, -0.05) is 18.8 Å². The highest BCUT2D eigenvalue weighted by Gasteiger charge is 2.28. The molecule has 1 saturated heterocycles. The lowest BCUT2D eigenvalue weighted by molar-refractivity contribution is -0.135. The molecule has 1 unspecified atom stereocenters. The number of piperidine rings is 1. The van der Waals surface area contributed by atoms with Gasteiger partial charge in [-0.15, -0.1) is 0 Å². The largest absolute Gasteiger partial charge is 0.387 e. The number of nitrogens with one attached hydrogen (secondary N) is 2. The van der Waals surface area contributed by atoms with Crippen molar-refractivity contribution in [2.75, 3.05) is 30.3 Å². The summed E-state index contributed by atoms with van der Waals surface area (Å²) < 4.78 is 0. The zero-order valence-corrected chi connectivity index (χ0v) is 18.5. The van der Waals surface area contributed by atoms with Crippen molar-refractivity contribution in [3.8, 4) is 11.8 Å². The van der Waals surface area contributed by atoms with Crippen molar-refractivity contribution in [2.45, 2.75) is 70.9 Å². The van der Waals surface area contributed by atoms with E-state index < -0.39 is 6.61 Å². The fraction of sp³-hybridized carbons (Fsp3) is 0.652. The molecular formula is C23H33N5O3. The molecule has 0 radical (unpaired) electrons. The molecule has 2 fully saturated rings. The van der Waals surface area contributed by atoms with Crippen molar-refractivity contribution < 1.29 is 14.7 Å². The summed E-state index contributed by atoms with van der Waals surface area (Å²) in [4.78, 5) is 34.7. The van der Waals surface area contributed by atoms with Gasteiger partial charge >= 0.3 is 0 Å². The third-order valence-electron chi connectivity index (χ3n) is 6.16. The highest BCUT2D eigenvalue weighted by Crippen LogP contribution is 2.30. The average Bonchev–Trinajstić information content (AvgIpc) is 2.77. The Bertz CT molecular complexity index is 847. The minimum atomic E-state index is -0.462. The summed E-state index contributed by atoms with van der Waals surface area (Å²) in [5.74, 6) is 6.68. The third-order valence-corrected chi connectivity index (χ3v) is 6.16. The van der Waals surface area contributed by atoms with Crippen LogP contribution < -0.4 is 10.6 Å². The Morgan fingerprint density at radius 1 is 1.23 bits per heavy atom. The van der Waals surface area contributed by atoms with Gasteiger partial charge in [0.1, 0.15) is 12.4 Å². The number of hydrogen-bond acceptors (Lipinski definition) is 7. The number of aliphatic hydroxyl groups is 1. The van der Waals surface area contributed by atoms with E-state index in [0.29, 0.717) is 25.5 Å². The molecule has 0 bridgehead atoms. The normalized spacial score (nSPS) is 23.5. The predicted molar refractivity (Wildman–Crippen MR) is 120 cm³/mol. The zero-order valence-electron chi connectivity index (χ0n) is 18.5. The first-order valence-electron chi connectivity index (χ1n) is 11.2. The number of ketones is 1. The average molecular weight is 428 g/mol. The van der Waals surface area contributed by atoms with Crippen molar-refractivity contribution >= 4 is 23.5 Å². The lowest BCUT2D eigenvalue weighted by Crippen LogP contribution is -2.46. The molecule has 0 spiro atoms. The van der Waals surface area contributed by atoms with Crippen LogP contribution in [0, 0.1) is 24.7 Å². The van der Waals surface area contributed by atoms with Crippen LogP contribution in [0.1, 0.15) is 57.4 Å². The van der Waals surface area contributed by atoms with Gasteiger partial charge in [0.2, 0.25) is 17.6 Å². The quantitative estimate of drug-likeness (QED) is 0.452. The molecule has 1 aliphatic heterocycles. The van der Waals surface area contributed by atoms with E-state index in [1.807, 2.05) is 6.92 Å². The Hall–Kier alpha value is -2.66. The van der Waals surface area contributed by atoms with Gasteiger partial charge in [-0.2, -0.15) is 4.98 Å². The van der Waals surface area contributed by atoms with Crippen molar-refractivity contribution in [3.63, 3.8) is 0 Å². The summed E-state index contributed by atoms with van der Waals surface area (Å²) in [5, 5.41) is 16.0. The number of rotatable bonds is 7. The molecule has 3 atom stereocenters. The lowest BCUT2D eigenvalue weighted by Gasteiger charge is -2.33. The summed E-state index contributed by atoms with van der Waals surface area (Å²) in [6, 6.07) is 0.234. The van der Waals surface area contributed by atoms with Crippen LogP contribution in [0.25, 0.3) is 0 Å². The van der Waals surface area contributed by atoms with Crippen LogP contribution in [0.2, 0.25) is 0 Å². The second kappa shape index (κ2) is 11.1. The number of Topliss-reactive ketones (excluding diaryl/α,β-unsaturated/α-hetero) is 1. The lowest BCUT2D eigenvalue weighted by atomic mass is 9.81. The molecule has 1 aromatic rings. The molecule has 8 heteroatoms. The standard InChI is InChI=1S/C23H33N5O3/c1-3-7-19(30)12-17-8-4-5-10-20(17)26-22-16(2)13-24-23(27-22)25-18-9-6-11-28(14-18)21(31)15-29/h13,17-18,20,29H,4-6,8-12,14-15H2,1-2H3,(H2,24,25,26,27)/t17?,18-,20+/m0/s1. The number of carbonyl (C=O) groups excluding carboxylic acids is 2. The predicted octanol–water partition coefficient (Wildman–Crippen LogP) is 2.13. The SMILES string of the molecule is CC#CC(=O)CC1CCCC[C@H]1Nc1nc(N[C@H]2CCCN(C(=O)CO)C2)ncc1C. The van der Waals surface area contributed by atoms with Crippen LogP contribution in [0.15, 0.2) is 6.20 Å². The molecule has 2 heterocycles. The van der Waals surface area contributed by atoms with Crippen molar-refractivity contribution in [3.05, 3.63) is 11.8 Å². The first-order chi connectivity index (χ1) is 15.0. The van der Waals surface area contributed by atoms with Crippen LogP contribution in [0.5, 0.6) is 0 Å². The van der Waals surface area contributed by atoms with E-state index in [1.165, 1.54) is 0 Å². The molecule has 1 amide bonds. The second-order valence-electron chi connectivity index (χ2n) is 8.50. The van der Waals surface area contributed by atoms with Crippen LogP contribution >= 0.6 is 0 Å². The van der Waals surface area contributed by atoms with Crippen LogP contribution in [0.4, 0.5) is 11.8 Å². The van der Waals surface area contributed by atoms with Gasteiger partial charge in [0.05, 0.1) is 0 Å². The number of aromatic nitrogens is 2. The van der Waals surface area contributed by atoms with Crippen molar-refractivity contribution in [1.29, 1.82) is 0 Å². The van der Waals surface area contributed by atoms with Gasteiger partial charge in [-0.3, -0.25) is 9.59 Å². The second-order valence-corrected chi connectivity index (χ2v) is 8.50. The third kappa shape index (κ3) is 6.41. The molecule has 3 N–H and O–H groups in total. The molecular weight excluding hydrogens is 394 g/mol. The highest BCUT2D eigenvalue weighted by molar-refractivity contribution is 5.95. The minimum Gasteiger partial charge on any atom is -0.387 e. The van der Waals surface area contributed by atoms with Crippen LogP contribution in [-0.4, -0.2) is 63.4 Å². The number of nitrogens with zero attached hydrogens (tertiary/aromatic N) is 3. The number of amides is 1. The number of anilines is 2. The van der Waals surface area contributed by atoms with Crippen molar-refractivity contribution in [1.82, 2.24) is 14.9 Å². The van der Waals surface area contributed by atoms with Crippen LogP contribution in [-0.2, 0) is 9.59 Å². The molecule has 3 rings (SSSR count). The van der Waals surface area contributed by atoms with Crippen molar-refractivity contribution in [2.24, 2.45) is 5.92 Å². The number of hydrogen-bond donors (Lipinski definition) is 3. The fourth-order valence-electron chi connectivity index (χ4n) is 4.51. The Labute approximate surface area is 184 Å². The van der Waals surface area contributed by atoms with Gasteiger partial charge in [0, 0.05) is 43.4 Å². The van der Waals surface area contributed by atoms with E-state index in [-0.39, 0.29) is 29.7 Å². The number of aliphatic hydroxyl groups excluding tert-OH is 1. The number of likely N-dealkylation sites (tertiary alicyclic amines) is 1. The molecule has 31 heavy (non-hydrogen) atoms. The Balaban J connectivity index is 1.66. The monoisotopic (exact) mass is 427 g/mol. The summed E-state index contributed by atoms with van der Waals surface area (Å²) in [6.07, 6.45) is 8.35. The fourth-order valence-corrected chi connectivity index (χ4v) is 4.51. The summed E-state index contributed by atoms with van der Waals surface area (Å²) in [7, 11) is 0. The van der Waals surface area contributed by atoms with Gasteiger partial charge in [-0.25, -0.2) is 4.98 Å². The maximum absolute atomic E-state index is 12.1. The number of carbonyl (C=O) groups is 2. The zero-order chi connectivity index (χ0) is 22.2. The minimum absolute atomic E-state index is 0.00208. The molecule has 8 nitrogen and oxygen atoms in total. The molecule has 1 saturated carbocycles. The van der Waals surface area contributed by atoms with Gasteiger partial charge in [0.15, 0.2) is 0 Å². The first-order valence-corrected chi connectivity index (χ1v) is 11.2. The molecule has 2 aliphatic rings. The van der Waals surface area contributed by atoms with E-state index in [9.17, 15) is 9.59 Å². The first kappa shape index (κ1) is 23.0. The Kier molecular flexibility index (Phi) is 8.24. The smallest absolute Gasteiger partial charge is 0.248 e. The summed E-state index contributed by atoms with van der Waals surface area (Å²) in [6.45, 7) is 4.41. The van der Waals surface area contributed by atoms with E-state index in [1.54, 1.807) is 18.0 Å².